The van der Waals surface area contributed by atoms with Gasteiger partial charge in [0.2, 0.25) is 0 Å². The van der Waals surface area contributed by atoms with E-state index in [0.29, 0.717) is 18.7 Å². The maximum Gasteiger partial charge on any atom is 0.252 e. The van der Waals surface area contributed by atoms with E-state index in [9.17, 15) is 4.79 Å². The van der Waals surface area contributed by atoms with E-state index in [1.807, 2.05) is 48.5 Å². The van der Waals surface area contributed by atoms with Crippen molar-refractivity contribution in [1.82, 2.24) is 10.3 Å². The molecular formula is C19H17BrN2O2. The van der Waals surface area contributed by atoms with Crippen molar-refractivity contribution >= 4 is 32.7 Å². The molecule has 2 aromatic carbocycles. The lowest BCUT2D eigenvalue weighted by Gasteiger charge is -2.09. The molecule has 1 aromatic heterocycles. The number of halogens is 1. The van der Waals surface area contributed by atoms with Crippen LogP contribution in [0.15, 0.2) is 65.3 Å². The number of amides is 1. The summed E-state index contributed by atoms with van der Waals surface area (Å²) in [6.45, 7) is 1.07. The van der Waals surface area contributed by atoms with E-state index in [-0.39, 0.29) is 5.91 Å². The van der Waals surface area contributed by atoms with Gasteiger partial charge in [-0.05, 0) is 46.6 Å². The Bertz CT molecular complexity index is 846. The van der Waals surface area contributed by atoms with Crippen molar-refractivity contribution in [2.45, 2.75) is 6.42 Å². The van der Waals surface area contributed by atoms with Crippen LogP contribution < -0.4 is 10.1 Å². The van der Waals surface area contributed by atoms with Gasteiger partial charge >= 0.3 is 0 Å². The summed E-state index contributed by atoms with van der Waals surface area (Å²) >= 11 is 3.38. The van der Waals surface area contributed by atoms with Gasteiger partial charge in [-0.2, -0.15) is 0 Å². The first kappa shape index (κ1) is 16.5. The van der Waals surface area contributed by atoms with E-state index in [1.54, 1.807) is 12.3 Å². The van der Waals surface area contributed by atoms with Crippen molar-refractivity contribution in [1.29, 1.82) is 0 Å². The van der Waals surface area contributed by atoms with Gasteiger partial charge in [0, 0.05) is 22.6 Å². The average molecular weight is 385 g/mol. The van der Waals surface area contributed by atoms with Crippen molar-refractivity contribution in [3.63, 3.8) is 0 Å². The molecule has 0 spiro atoms. The molecule has 0 aliphatic heterocycles. The summed E-state index contributed by atoms with van der Waals surface area (Å²) < 4.78 is 6.60. The zero-order chi connectivity index (χ0) is 16.8. The largest absolute Gasteiger partial charge is 0.491 e. The Balaban J connectivity index is 1.49. The molecule has 122 valence electrons. The van der Waals surface area contributed by atoms with Gasteiger partial charge in [-0.1, -0.05) is 30.3 Å². The van der Waals surface area contributed by atoms with Crippen LogP contribution in [-0.4, -0.2) is 24.0 Å². The fourth-order valence-electron chi connectivity index (χ4n) is 2.39. The fraction of sp³-hybridized carbons (Fsp3) is 0.158. The highest BCUT2D eigenvalue weighted by molar-refractivity contribution is 9.10. The molecule has 0 atom stereocenters. The highest BCUT2D eigenvalue weighted by Crippen LogP contribution is 2.22. The Morgan fingerprint density at radius 1 is 1.08 bits per heavy atom. The highest BCUT2D eigenvalue weighted by Gasteiger charge is 2.08. The van der Waals surface area contributed by atoms with Crippen LogP contribution in [0.5, 0.6) is 5.75 Å². The topological polar surface area (TPSA) is 51.2 Å². The number of nitrogens with zero attached hydrogens (tertiary/aromatic N) is 1. The maximum absolute atomic E-state index is 12.1. The summed E-state index contributed by atoms with van der Waals surface area (Å²) in [5, 5.41) is 3.95. The summed E-state index contributed by atoms with van der Waals surface area (Å²) in [5.74, 6) is 0.680. The molecule has 3 aromatic rings. The third kappa shape index (κ3) is 3.92. The fourth-order valence-corrected chi connectivity index (χ4v) is 2.85. The lowest BCUT2D eigenvalue weighted by molar-refractivity contribution is 0.0951. The van der Waals surface area contributed by atoms with Gasteiger partial charge in [0.1, 0.15) is 11.3 Å². The zero-order valence-corrected chi connectivity index (χ0v) is 14.6. The van der Waals surface area contributed by atoms with E-state index >= 15 is 0 Å². The Labute approximate surface area is 149 Å². The molecular weight excluding hydrogens is 368 g/mol. The molecule has 0 saturated heterocycles. The van der Waals surface area contributed by atoms with Crippen molar-refractivity contribution in [2.24, 2.45) is 0 Å². The standard InChI is InChI=1S/C19H17BrN2O2/c20-16-9-2-1-8-15(16)19(23)22-12-5-13-24-17-10-3-6-14-7-4-11-21-18(14)17/h1-4,6-11H,5,12-13H2,(H,22,23). The lowest BCUT2D eigenvalue weighted by atomic mass is 10.2. The number of ether oxygens (including phenoxy) is 1. The summed E-state index contributed by atoms with van der Waals surface area (Å²) in [5.41, 5.74) is 1.49. The van der Waals surface area contributed by atoms with Crippen molar-refractivity contribution < 1.29 is 9.53 Å². The summed E-state index contributed by atoms with van der Waals surface area (Å²) in [6.07, 6.45) is 2.48. The molecule has 0 fully saturated rings. The monoisotopic (exact) mass is 384 g/mol. The second kappa shape index (κ2) is 7.93. The number of hydrogen-bond donors (Lipinski definition) is 1. The van der Waals surface area contributed by atoms with E-state index in [2.05, 4.69) is 26.2 Å². The molecule has 0 unspecified atom stereocenters. The first-order valence-corrected chi connectivity index (χ1v) is 8.54. The van der Waals surface area contributed by atoms with Gasteiger partial charge in [0.05, 0.1) is 12.2 Å². The third-order valence-corrected chi connectivity index (χ3v) is 4.27. The molecule has 0 aliphatic carbocycles. The molecule has 0 aliphatic rings. The van der Waals surface area contributed by atoms with E-state index in [4.69, 9.17) is 4.74 Å². The van der Waals surface area contributed by atoms with Gasteiger partial charge in [0.25, 0.3) is 5.91 Å². The molecule has 1 amide bonds. The van der Waals surface area contributed by atoms with Gasteiger partial charge in [-0.25, -0.2) is 0 Å². The molecule has 0 radical (unpaired) electrons. The van der Waals surface area contributed by atoms with Gasteiger partial charge in [-0.15, -0.1) is 0 Å². The van der Waals surface area contributed by atoms with Crippen LogP contribution in [0.25, 0.3) is 10.9 Å². The summed E-state index contributed by atoms with van der Waals surface area (Å²) in [4.78, 5) is 16.4. The van der Waals surface area contributed by atoms with E-state index in [1.165, 1.54) is 0 Å². The number of aromatic nitrogens is 1. The smallest absolute Gasteiger partial charge is 0.252 e. The molecule has 4 nitrogen and oxygen atoms in total. The molecule has 3 rings (SSSR count). The quantitative estimate of drug-likeness (QED) is 0.648. The number of carbonyl (C=O) groups excluding carboxylic acids is 1. The van der Waals surface area contributed by atoms with Crippen LogP contribution in [0.4, 0.5) is 0 Å². The first-order valence-electron chi connectivity index (χ1n) is 7.75. The SMILES string of the molecule is O=C(NCCCOc1cccc2cccnc12)c1ccccc1Br. The van der Waals surface area contributed by atoms with Crippen molar-refractivity contribution in [2.75, 3.05) is 13.2 Å². The lowest BCUT2D eigenvalue weighted by Crippen LogP contribution is -2.25. The predicted octanol–water partition coefficient (Wildman–Crippen LogP) is 4.20. The van der Waals surface area contributed by atoms with Crippen LogP contribution >= 0.6 is 15.9 Å². The van der Waals surface area contributed by atoms with Crippen LogP contribution in [-0.2, 0) is 0 Å². The van der Waals surface area contributed by atoms with Crippen LogP contribution in [0.3, 0.4) is 0 Å². The number of pyridine rings is 1. The number of carbonyl (C=O) groups is 1. The first-order chi connectivity index (χ1) is 11.8. The van der Waals surface area contributed by atoms with Crippen LogP contribution in [0.2, 0.25) is 0 Å². The summed E-state index contributed by atoms with van der Waals surface area (Å²) in [7, 11) is 0. The zero-order valence-electron chi connectivity index (χ0n) is 13.0. The van der Waals surface area contributed by atoms with Gasteiger partial charge in [-0.3, -0.25) is 9.78 Å². The molecule has 1 N–H and O–H groups in total. The van der Waals surface area contributed by atoms with Crippen LogP contribution in [0, 0.1) is 0 Å². The van der Waals surface area contributed by atoms with Gasteiger partial charge in [0.15, 0.2) is 0 Å². The summed E-state index contributed by atoms with van der Waals surface area (Å²) in [6, 6.07) is 17.2. The highest BCUT2D eigenvalue weighted by atomic mass is 79.9. The Kier molecular flexibility index (Phi) is 5.43. The van der Waals surface area contributed by atoms with Crippen molar-refractivity contribution in [3.05, 3.63) is 70.8 Å². The van der Waals surface area contributed by atoms with Gasteiger partial charge < -0.3 is 10.1 Å². The molecule has 5 heteroatoms. The second-order valence-corrected chi connectivity index (χ2v) is 6.12. The number of benzene rings is 2. The Morgan fingerprint density at radius 2 is 1.92 bits per heavy atom. The maximum atomic E-state index is 12.1. The van der Waals surface area contributed by atoms with Crippen LogP contribution in [0.1, 0.15) is 16.8 Å². The van der Waals surface area contributed by atoms with E-state index in [0.717, 1.165) is 27.5 Å². The molecule has 24 heavy (non-hydrogen) atoms. The minimum atomic E-state index is -0.0886. The average Bonchev–Trinajstić information content (AvgIpc) is 2.62. The third-order valence-electron chi connectivity index (χ3n) is 3.58. The van der Waals surface area contributed by atoms with E-state index < -0.39 is 0 Å². The Hall–Kier alpha value is -2.40. The molecule has 0 saturated carbocycles. The number of fused-ring (bicyclic) bond motifs is 1. The number of para-hydroxylation sites is 1. The minimum Gasteiger partial charge on any atom is -0.491 e. The predicted molar refractivity (Wildman–Crippen MR) is 98.3 cm³/mol. The number of rotatable bonds is 6. The van der Waals surface area contributed by atoms with Crippen molar-refractivity contribution in [3.8, 4) is 5.75 Å². The second-order valence-electron chi connectivity index (χ2n) is 5.27. The Morgan fingerprint density at radius 3 is 2.79 bits per heavy atom. The molecule has 0 bridgehead atoms. The normalized spacial score (nSPS) is 10.5. The molecule has 1 heterocycles. The minimum absolute atomic E-state index is 0.0886. The number of nitrogens with one attached hydrogen (secondary N) is 1. The number of hydrogen-bond acceptors (Lipinski definition) is 3.